The Bertz CT molecular complexity index is 496. The van der Waals surface area contributed by atoms with Crippen molar-refractivity contribution in [2.75, 3.05) is 13.2 Å². The quantitative estimate of drug-likeness (QED) is 0.869. The van der Waals surface area contributed by atoms with Crippen LogP contribution in [-0.4, -0.2) is 35.1 Å². The van der Waals surface area contributed by atoms with Gasteiger partial charge < -0.3 is 10.0 Å². The second kappa shape index (κ2) is 7.11. The summed E-state index contributed by atoms with van der Waals surface area (Å²) in [5.74, 6) is -0.0835. The number of benzene rings is 1. The summed E-state index contributed by atoms with van der Waals surface area (Å²) < 4.78 is 0. The van der Waals surface area contributed by atoms with Gasteiger partial charge in [-0.2, -0.15) is 0 Å². The van der Waals surface area contributed by atoms with E-state index in [1.807, 2.05) is 0 Å². The molecule has 1 unspecified atom stereocenters. The minimum atomic E-state index is -0.0835. The summed E-state index contributed by atoms with van der Waals surface area (Å²) in [5.41, 5.74) is 0.786. The summed E-state index contributed by atoms with van der Waals surface area (Å²) in [4.78, 5) is 13.9. The molecule has 0 aromatic heterocycles. The average Bonchev–Trinajstić information content (AvgIpc) is 2.43. The van der Waals surface area contributed by atoms with Crippen molar-refractivity contribution in [1.82, 2.24) is 4.90 Å². The van der Waals surface area contributed by atoms with E-state index in [0.717, 1.165) is 24.8 Å². The van der Waals surface area contributed by atoms with Crippen LogP contribution in [0.1, 0.15) is 24.8 Å². The number of rotatable bonds is 3. The van der Waals surface area contributed by atoms with Crippen LogP contribution >= 0.6 is 23.2 Å². The van der Waals surface area contributed by atoms with E-state index in [9.17, 15) is 9.90 Å². The standard InChI is InChI=1S/C15H17Cl2NO2/c16-12-7-11(8-13(17)9-12)4-5-15(20)18-6-2-1-3-14(18)10-19/h4-5,7-9,14,19H,1-3,6,10H2/b5-4+. The predicted octanol–water partition coefficient (Wildman–Crippen LogP) is 3.38. The molecule has 2 rings (SSSR count). The topological polar surface area (TPSA) is 40.5 Å². The molecule has 0 spiro atoms. The summed E-state index contributed by atoms with van der Waals surface area (Å²) >= 11 is 11.8. The molecular formula is C15H17Cl2NO2. The highest BCUT2D eigenvalue weighted by Crippen LogP contribution is 2.21. The number of carbonyl (C=O) groups excluding carboxylic acids is 1. The molecule has 1 aromatic rings. The van der Waals surface area contributed by atoms with Gasteiger partial charge in [0.1, 0.15) is 0 Å². The highest BCUT2D eigenvalue weighted by molar-refractivity contribution is 6.34. The van der Waals surface area contributed by atoms with Crippen molar-refractivity contribution >= 4 is 35.2 Å². The largest absolute Gasteiger partial charge is 0.394 e. The van der Waals surface area contributed by atoms with E-state index in [1.165, 1.54) is 6.08 Å². The average molecular weight is 314 g/mol. The Hall–Kier alpha value is -1.03. The van der Waals surface area contributed by atoms with E-state index in [2.05, 4.69) is 0 Å². The molecule has 1 aliphatic rings. The highest BCUT2D eigenvalue weighted by atomic mass is 35.5. The maximum Gasteiger partial charge on any atom is 0.246 e. The Labute approximate surface area is 128 Å². The lowest BCUT2D eigenvalue weighted by Crippen LogP contribution is -2.44. The van der Waals surface area contributed by atoms with Crippen molar-refractivity contribution in [3.8, 4) is 0 Å². The second-order valence-electron chi connectivity index (χ2n) is 4.90. The van der Waals surface area contributed by atoms with E-state index in [4.69, 9.17) is 23.2 Å². The lowest BCUT2D eigenvalue weighted by molar-refractivity contribution is -0.130. The molecule has 0 bridgehead atoms. The molecule has 1 atom stereocenters. The van der Waals surface area contributed by atoms with Gasteiger partial charge in [-0.05, 0) is 49.1 Å². The van der Waals surface area contributed by atoms with Crippen LogP contribution in [0.5, 0.6) is 0 Å². The molecule has 108 valence electrons. The summed E-state index contributed by atoms with van der Waals surface area (Å²) in [6.45, 7) is 0.716. The SMILES string of the molecule is O=C(/C=C/c1cc(Cl)cc(Cl)c1)N1CCCCC1CO. The number of nitrogens with zero attached hydrogens (tertiary/aromatic N) is 1. The molecule has 0 saturated carbocycles. The van der Waals surface area contributed by atoms with Crippen LogP contribution in [-0.2, 0) is 4.79 Å². The summed E-state index contributed by atoms with van der Waals surface area (Å²) in [5, 5.41) is 10.4. The van der Waals surface area contributed by atoms with Gasteiger partial charge in [0.05, 0.1) is 12.6 Å². The minimum absolute atomic E-state index is 0.0164. The summed E-state index contributed by atoms with van der Waals surface area (Å²) in [6.07, 6.45) is 6.11. The van der Waals surface area contributed by atoms with Crippen LogP contribution in [0.3, 0.4) is 0 Å². The van der Waals surface area contributed by atoms with Gasteiger partial charge in [-0.15, -0.1) is 0 Å². The molecule has 1 fully saturated rings. The van der Waals surface area contributed by atoms with Gasteiger partial charge in [-0.25, -0.2) is 0 Å². The van der Waals surface area contributed by atoms with E-state index < -0.39 is 0 Å². The van der Waals surface area contributed by atoms with Crippen LogP contribution in [0.15, 0.2) is 24.3 Å². The fourth-order valence-electron chi connectivity index (χ4n) is 2.42. The summed E-state index contributed by atoms with van der Waals surface area (Å²) in [6, 6.07) is 5.08. The van der Waals surface area contributed by atoms with Gasteiger partial charge >= 0.3 is 0 Å². The molecule has 5 heteroatoms. The number of aliphatic hydroxyl groups excluding tert-OH is 1. The van der Waals surface area contributed by atoms with E-state index in [0.29, 0.717) is 16.6 Å². The normalized spacial score (nSPS) is 19.6. The van der Waals surface area contributed by atoms with Crippen molar-refractivity contribution in [2.24, 2.45) is 0 Å². The Morgan fingerprint density at radius 1 is 1.30 bits per heavy atom. The van der Waals surface area contributed by atoms with E-state index >= 15 is 0 Å². The molecule has 0 radical (unpaired) electrons. The Morgan fingerprint density at radius 3 is 2.65 bits per heavy atom. The highest BCUT2D eigenvalue weighted by Gasteiger charge is 2.24. The lowest BCUT2D eigenvalue weighted by Gasteiger charge is -2.33. The zero-order chi connectivity index (χ0) is 14.5. The predicted molar refractivity (Wildman–Crippen MR) is 81.9 cm³/mol. The van der Waals surface area contributed by atoms with Crippen LogP contribution in [0.4, 0.5) is 0 Å². The molecule has 0 aliphatic carbocycles. The van der Waals surface area contributed by atoms with Crippen LogP contribution in [0.2, 0.25) is 10.0 Å². The molecule has 3 nitrogen and oxygen atoms in total. The third-order valence-corrected chi connectivity index (χ3v) is 3.86. The van der Waals surface area contributed by atoms with Crippen molar-refractivity contribution in [3.05, 3.63) is 39.9 Å². The second-order valence-corrected chi connectivity index (χ2v) is 5.77. The van der Waals surface area contributed by atoms with Crippen molar-refractivity contribution in [1.29, 1.82) is 0 Å². The van der Waals surface area contributed by atoms with Gasteiger partial charge in [0.15, 0.2) is 0 Å². The van der Waals surface area contributed by atoms with E-state index in [-0.39, 0.29) is 18.6 Å². The van der Waals surface area contributed by atoms with Gasteiger partial charge in [0.2, 0.25) is 5.91 Å². The first-order valence-electron chi connectivity index (χ1n) is 6.66. The van der Waals surface area contributed by atoms with Gasteiger partial charge in [0.25, 0.3) is 0 Å². The number of hydrogen-bond donors (Lipinski definition) is 1. The molecule has 1 aliphatic heterocycles. The first kappa shape index (κ1) is 15.4. The molecule has 1 saturated heterocycles. The minimum Gasteiger partial charge on any atom is -0.394 e. The smallest absolute Gasteiger partial charge is 0.246 e. The van der Waals surface area contributed by atoms with Crippen molar-refractivity contribution in [3.63, 3.8) is 0 Å². The van der Waals surface area contributed by atoms with Gasteiger partial charge in [-0.1, -0.05) is 23.2 Å². The first-order chi connectivity index (χ1) is 9.60. The zero-order valence-corrected chi connectivity index (χ0v) is 12.6. The molecule has 1 amide bonds. The van der Waals surface area contributed by atoms with Gasteiger partial charge in [-0.3, -0.25) is 4.79 Å². The monoisotopic (exact) mass is 313 g/mol. The number of carbonyl (C=O) groups is 1. The van der Waals surface area contributed by atoms with Crippen LogP contribution in [0, 0.1) is 0 Å². The zero-order valence-electron chi connectivity index (χ0n) is 11.1. The van der Waals surface area contributed by atoms with Crippen molar-refractivity contribution < 1.29 is 9.90 Å². The Kier molecular flexibility index (Phi) is 5.46. The van der Waals surface area contributed by atoms with Crippen LogP contribution in [0.25, 0.3) is 6.08 Å². The molecule has 1 heterocycles. The fourth-order valence-corrected chi connectivity index (χ4v) is 2.96. The number of halogens is 2. The third kappa shape index (κ3) is 3.98. The molecule has 1 aromatic carbocycles. The first-order valence-corrected chi connectivity index (χ1v) is 7.41. The number of aliphatic hydroxyl groups is 1. The maximum atomic E-state index is 12.2. The molecule has 1 N–H and O–H groups in total. The third-order valence-electron chi connectivity index (χ3n) is 3.42. The maximum absolute atomic E-state index is 12.2. The molecular weight excluding hydrogens is 297 g/mol. The number of amides is 1. The van der Waals surface area contributed by atoms with Crippen molar-refractivity contribution in [2.45, 2.75) is 25.3 Å². The lowest BCUT2D eigenvalue weighted by atomic mass is 10.0. The number of piperidine rings is 1. The number of hydrogen-bond acceptors (Lipinski definition) is 2. The summed E-state index contributed by atoms with van der Waals surface area (Å²) in [7, 11) is 0. The number of likely N-dealkylation sites (tertiary alicyclic amines) is 1. The Morgan fingerprint density at radius 2 is 2.00 bits per heavy atom. The van der Waals surface area contributed by atoms with Gasteiger partial charge in [0, 0.05) is 22.7 Å². The molecule has 20 heavy (non-hydrogen) atoms. The Balaban J connectivity index is 2.07. The van der Waals surface area contributed by atoms with E-state index in [1.54, 1.807) is 29.2 Å². The fraction of sp³-hybridized carbons (Fsp3) is 0.400. The van der Waals surface area contributed by atoms with Crippen LogP contribution < -0.4 is 0 Å².